The van der Waals surface area contributed by atoms with E-state index >= 15 is 0 Å². The molecule has 1 saturated heterocycles. The standard InChI is InChI=1S/C26H29FN4O3/c1-17-2-3-18(25(32)29-19-4-5-19)14-24(17)31-16-28-23-7-6-21(15-22(23)26(31)33)34-20-8-11-30(12-9-20)13-10-27/h2-3,6-7,14-16,19-20H,4-5,8-13H2,1H3,(H,29,32). The summed E-state index contributed by atoms with van der Waals surface area (Å²) in [7, 11) is 0. The maximum atomic E-state index is 13.4. The third kappa shape index (κ3) is 4.82. The lowest BCUT2D eigenvalue weighted by atomic mass is 10.1. The number of aryl methyl sites for hydroxylation is 1. The van der Waals surface area contributed by atoms with Crippen LogP contribution in [0.5, 0.6) is 5.75 Å². The van der Waals surface area contributed by atoms with E-state index in [1.54, 1.807) is 24.3 Å². The number of ether oxygens (including phenoxy) is 1. The van der Waals surface area contributed by atoms with E-state index in [1.165, 1.54) is 10.9 Å². The summed E-state index contributed by atoms with van der Waals surface area (Å²) in [5.74, 6) is 0.501. The third-order valence-corrected chi connectivity index (χ3v) is 6.61. The van der Waals surface area contributed by atoms with Gasteiger partial charge in [0, 0.05) is 31.2 Å². The number of hydrogen-bond acceptors (Lipinski definition) is 5. The molecular weight excluding hydrogens is 435 g/mol. The zero-order valence-electron chi connectivity index (χ0n) is 19.3. The molecule has 0 radical (unpaired) electrons. The molecule has 2 aromatic carbocycles. The Kier molecular flexibility index (Phi) is 6.32. The maximum Gasteiger partial charge on any atom is 0.265 e. The largest absolute Gasteiger partial charge is 0.490 e. The quantitative estimate of drug-likeness (QED) is 0.580. The monoisotopic (exact) mass is 464 g/mol. The van der Waals surface area contributed by atoms with Crippen LogP contribution in [0.25, 0.3) is 16.6 Å². The fourth-order valence-corrected chi connectivity index (χ4v) is 4.42. The van der Waals surface area contributed by atoms with Crippen LogP contribution in [-0.4, -0.2) is 58.8 Å². The highest BCUT2D eigenvalue weighted by Gasteiger charge is 2.24. The number of benzene rings is 2. The molecule has 2 aliphatic rings. The Bertz CT molecular complexity index is 1260. The normalized spacial score (nSPS) is 17.1. The highest BCUT2D eigenvalue weighted by atomic mass is 19.1. The first kappa shape index (κ1) is 22.5. The minimum atomic E-state index is -0.330. The third-order valence-electron chi connectivity index (χ3n) is 6.61. The van der Waals surface area contributed by atoms with E-state index in [2.05, 4.69) is 15.2 Å². The molecule has 2 heterocycles. The summed E-state index contributed by atoms with van der Waals surface area (Å²) >= 11 is 0. The summed E-state index contributed by atoms with van der Waals surface area (Å²) in [6, 6.07) is 11.0. The Labute approximate surface area is 197 Å². The molecule has 5 rings (SSSR count). The SMILES string of the molecule is Cc1ccc(C(=O)NC2CC2)cc1-n1cnc2ccc(OC3CCN(CCF)CC3)cc2c1=O. The average molecular weight is 465 g/mol. The number of alkyl halides is 1. The number of carbonyl (C=O) groups excluding carboxylic acids is 1. The molecule has 1 aliphatic carbocycles. The fraction of sp³-hybridized carbons (Fsp3) is 0.423. The van der Waals surface area contributed by atoms with Gasteiger partial charge in [-0.15, -0.1) is 0 Å². The lowest BCUT2D eigenvalue weighted by Gasteiger charge is -2.31. The topological polar surface area (TPSA) is 76.5 Å². The molecule has 1 aliphatic heterocycles. The van der Waals surface area contributed by atoms with Crippen LogP contribution in [0.15, 0.2) is 47.5 Å². The van der Waals surface area contributed by atoms with Crippen LogP contribution in [-0.2, 0) is 0 Å². The Balaban J connectivity index is 1.41. The first-order valence-electron chi connectivity index (χ1n) is 11.9. The molecule has 1 aromatic heterocycles. The Morgan fingerprint density at radius 2 is 1.94 bits per heavy atom. The van der Waals surface area contributed by atoms with Crippen molar-refractivity contribution in [3.8, 4) is 11.4 Å². The summed E-state index contributed by atoms with van der Waals surface area (Å²) in [6.45, 7) is 3.66. The predicted octanol–water partition coefficient (Wildman–Crippen LogP) is 3.40. The van der Waals surface area contributed by atoms with Crippen molar-refractivity contribution in [2.45, 2.75) is 44.8 Å². The molecule has 34 heavy (non-hydrogen) atoms. The van der Waals surface area contributed by atoms with Gasteiger partial charge in [0.2, 0.25) is 0 Å². The number of piperidine rings is 1. The molecule has 2 fully saturated rings. The molecule has 1 saturated carbocycles. The van der Waals surface area contributed by atoms with Gasteiger partial charge in [-0.1, -0.05) is 6.07 Å². The van der Waals surface area contributed by atoms with Crippen molar-refractivity contribution >= 4 is 16.8 Å². The van der Waals surface area contributed by atoms with Crippen LogP contribution in [0.2, 0.25) is 0 Å². The van der Waals surface area contributed by atoms with Crippen LogP contribution >= 0.6 is 0 Å². The van der Waals surface area contributed by atoms with Gasteiger partial charge in [0.25, 0.3) is 11.5 Å². The molecule has 7 nitrogen and oxygen atoms in total. The second-order valence-electron chi connectivity index (χ2n) is 9.20. The average Bonchev–Trinajstić information content (AvgIpc) is 3.66. The molecular formula is C26H29FN4O3. The Hall–Kier alpha value is -3.26. The molecule has 1 amide bonds. The zero-order valence-corrected chi connectivity index (χ0v) is 19.3. The van der Waals surface area contributed by atoms with E-state index in [4.69, 9.17) is 4.74 Å². The van der Waals surface area contributed by atoms with Gasteiger partial charge in [0.1, 0.15) is 24.9 Å². The van der Waals surface area contributed by atoms with E-state index < -0.39 is 0 Å². The molecule has 0 unspecified atom stereocenters. The number of fused-ring (bicyclic) bond motifs is 1. The van der Waals surface area contributed by atoms with E-state index in [1.807, 2.05) is 19.1 Å². The maximum absolute atomic E-state index is 13.4. The summed E-state index contributed by atoms with van der Waals surface area (Å²) in [5.41, 5.74) is 2.41. The van der Waals surface area contributed by atoms with Crippen LogP contribution < -0.4 is 15.6 Å². The van der Waals surface area contributed by atoms with Gasteiger partial charge in [-0.05, 0) is 68.5 Å². The van der Waals surface area contributed by atoms with E-state index in [0.29, 0.717) is 34.4 Å². The molecule has 3 aromatic rings. The second kappa shape index (κ2) is 9.54. The van der Waals surface area contributed by atoms with Gasteiger partial charge in [0.05, 0.1) is 16.6 Å². The van der Waals surface area contributed by atoms with E-state index in [0.717, 1.165) is 44.3 Å². The lowest BCUT2D eigenvalue weighted by Crippen LogP contribution is -2.39. The number of rotatable bonds is 7. The number of amides is 1. The Morgan fingerprint density at radius 3 is 2.68 bits per heavy atom. The van der Waals surface area contributed by atoms with Crippen molar-refractivity contribution in [3.63, 3.8) is 0 Å². The minimum absolute atomic E-state index is 0.0381. The van der Waals surface area contributed by atoms with Crippen LogP contribution in [0.1, 0.15) is 41.6 Å². The number of aromatic nitrogens is 2. The van der Waals surface area contributed by atoms with Gasteiger partial charge in [-0.25, -0.2) is 9.37 Å². The summed E-state index contributed by atoms with van der Waals surface area (Å²) < 4.78 is 20.2. The van der Waals surface area contributed by atoms with Gasteiger partial charge in [0.15, 0.2) is 0 Å². The van der Waals surface area contributed by atoms with E-state index in [-0.39, 0.29) is 30.3 Å². The van der Waals surface area contributed by atoms with Crippen LogP contribution in [0.3, 0.4) is 0 Å². The highest BCUT2D eigenvalue weighted by molar-refractivity contribution is 5.95. The summed E-state index contributed by atoms with van der Waals surface area (Å²) in [4.78, 5) is 32.5. The molecule has 0 bridgehead atoms. The molecule has 8 heteroatoms. The van der Waals surface area contributed by atoms with Crippen molar-refractivity contribution in [2.24, 2.45) is 0 Å². The van der Waals surface area contributed by atoms with Gasteiger partial charge in [-0.3, -0.25) is 14.2 Å². The number of likely N-dealkylation sites (tertiary alicyclic amines) is 1. The van der Waals surface area contributed by atoms with Crippen LogP contribution in [0, 0.1) is 6.92 Å². The first-order chi connectivity index (χ1) is 16.5. The minimum Gasteiger partial charge on any atom is -0.490 e. The van der Waals surface area contributed by atoms with Gasteiger partial charge in [-0.2, -0.15) is 0 Å². The van der Waals surface area contributed by atoms with Crippen LogP contribution in [0.4, 0.5) is 4.39 Å². The van der Waals surface area contributed by atoms with Gasteiger partial charge < -0.3 is 15.0 Å². The number of nitrogens with zero attached hydrogens (tertiary/aromatic N) is 3. The molecule has 178 valence electrons. The Morgan fingerprint density at radius 1 is 1.15 bits per heavy atom. The van der Waals surface area contributed by atoms with E-state index in [9.17, 15) is 14.0 Å². The second-order valence-corrected chi connectivity index (χ2v) is 9.20. The number of halogens is 1. The number of carbonyl (C=O) groups is 1. The number of hydrogen-bond donors (Lipinski definition) is 1. The molecule has 0 atom stereocenters. The van der Waals surface area contributed by atoms with Crippen molar-refractivity contribution in [1.29, 1.82) is 0 Å². The zero-order chi connectivity index (χ0) is 23.7. The highest BCUT2D eigenvalue weighted by Crippen LogP contribution is 2.23. The van der Waals surface area contributed by atoms with Crippen molar-refractivity contribution < 1.29 is 13.9 Å². The van der Waals surface area contributed by atoms with Gasteiger partial charge >= 0.3 is 0 Å². The lowest BCUT2D eigenvalue weighted by molar-refractivity contribution is 0.0950. The fourth-order valence-electron chi connectivity index (χ4n) is 4.42. The van der Waals surface area contributed by atoms with Crippen molar-refractivity contribution in [1.82, 2.24) is 19.8 Å². The van der Waals surface area contributed by atoms with Crippen molar-refractivity contribution in [2.75, 3.05) is 26.3 Å². The first-order valence-corrected chi connectivity index (χ1v) is 11.9. The van der Waals surface area contributed by atoms with Crippen molar-refractivity contribution in [3.05, 3.63) is 64.2 Å². The summed E-state index contributed by atoms with van der Waals surface area (Å²) in [5, 5.41) is 3.45. The molecule has 1 N–H and O–H groups in total. The number of nitrogens with one attached hydrogen (secondary N) is 1. The predicted molar refractivity (Wildman–Crippen MR) is 129 cm³/mol. The summed E-state index contributed by atoms with van der Waals surface area (Å²) in [6.07, 6.45) is 5.22. The molecule has 0 spiro atoms. The smallest absolute Gasteiger partial charge is 0.265 e.